The molecule has 1 aromatic heterocycles. The number of carbonyl (C=O) groups excluding carboxylic acids is 2. The lowest BCUT2D eigenvalue weighted by atomic mass is 10.4. The van der Waals surface area contributed by atoms with Crippen molar-refractivity contribution in [1.29, 1.82) is 0 Å². The third-order valence-electron chi connectivity index (χ3n) is 1.63. The number of rotatable bonds is 4. The Balaban J connectivity index is 2.60. The molecule has 1 rings (SSSR count). The third-order valence-corrected chi connectivity index (χ3v) is 1.63. The number of nitrogens with zero attached hydrogens (tertiary/aromatic N) is 2. The highest BCUT2D eigenvalue weighted by Gasteiger charge is 2.06. The van der Waals surface area contributed by atoms with Crippen molar-refractivity contribution in [3.8, 4) is 0 Å². The van der Waals surface area contributed by atoms with Gasteiger partial charge in [-0.1, -0.05) is 0 Å². The van der Waals surface area contributed by atoms with Gasteiger partial charge in [0.15, 0.2) is 6.29 Å². The summed E-state index contributed by atoms with van der Waals surface area (Å²) in [7, 11) is 0. The third kappa shape index (κ3) is 2.69. The molecular formula is C9H13N3O2. The Labute approximate surface area is 82.1 Å². The summed E-state index contributed by atoms with van der Waals surface area (Å²) in [6, 6.07) is 0.103. The maximum absolute atomic E-state index is 11.3. The van der Waals surface area contributed by atoms with Gasteiger partial charge in [-0.2, -0.15) is 0 Å². The lowest BCUT2D eigenvalue weighted by Gasteiger charge is -2.08. The molecule has 0 bridgehead atoms. The number of hydrogen-bond donors (Lipinski definition) is 1. The first-order valence-electron chi connectivity index (χ1n) is 4.38. The van der Waals surface area contributed by atoms with Crippen LogP contribution in [0.3, 0.4) is 0 Å². The summed E-state index contributed by atoms with van der Waals surface area (Å²) in [5, 5.41) is 2.73. The summed E-state index contributed by atoms with van der Waals surface area (Å²) in [5.74, 6) is -0.124. The minimum Gasteiger partial charge on any atom is -0.352 e. The van der Waals surface area contributed by atoms with Gasteiger partial charge in [0.25, 0.3) is 0 Å². The lowest BCUT2D eigenvalue weighted by molar-refractivity contribution is -0.122. The predicted octanol–water partition coefficient (Wildman–Crippen LogP) is 0.220. The van der Waals surface area contributed by atoms with E-state index in [0.717, 1.165) is 0 Å². The Morgan fingerprint density at radius 2 is 2.43 bits per heavy atom. The number of nitrogens with one attached hydrogen (secondary N) is 1. The Kier molecular flexibility index (Phi) is 3.39. The highest BCUT2D eigenvalue weighted by Crippen LogP contribution is 1.95. The fraction of sp³-hybridized carbons (Fsp3) is 0.444. The van der Waals surface area contributed by atoms with Crippen LogP contribution in [0.2, 0.25) is 0 Å². The molecule has 0 radical (unpaired) electrons. The quantitative estimate of drug-likeness (QED) is 0.699. The van der Waals surface area contributed by atoms with Gasteiger partial charge in [-0.15, -0.1) is 0 Å². The van der Waals surface area contributed by atoms with Crippen molar-refractivity contribution in [3.05, 3.63) is 18.2 Å². The van der Waals surface area contributed by atoms with Gasteiger partial charge < -0.3 is 9.88 Å². The topological polar surface area (TPSA) is 64.0 Å². The van der Waals surface area contributed by atoms with Crippen LogP contribution in [-0.4, -0.2) is 27.8 Å². The Morgan fingerprint density at radius 1 is 1.71 bits per heavy atom. The van der Waals surface area contributed by atoms with Gasteiger partial charge in [-0.3, -0.25) is 9.59 Å². The van der Waals surface area contributed by atoms with E-state index in [1.807, 2.05) is 13.8 Å². The SMILES string of the molecule is CC(C)NC(=O)Cn1cncc1C=O. The Morgan fingerprint density at radius 3 is 3.00 bits per heavy atom. The van der Waals surface area contributed by atoms with Crippen LogP contribution in [0.5, 0.6) is 0 Å². The minimum atomic E-state index is -0.124. The van der Waals surface area contributed by atoms with Gasteiger partial charge in [0, 0.05) is 6.04 Å². The van der Waals surface area contributed by atoms with Crippen molar-refractivity contribution in [2.75, 3.05) is 0 Å². The molecule has 0 saturated carbocycles. The fourth-order valence-corrected chi connectivity index (χ4v) is 1.08. The van der Waals surface area contributed by atoms with Crippen molar-refractivity contribution in [2.45, 2.75) is 26.4 Å². The molecule has 0 saturated heterocycles. The predicted molar refractivity (Wildman–Crippen MR) is 50.9 cm³/mol. The smallest absolute Gasteiger partial charge is 0.240 e. The molecule has 0 aliphatic rings. The molecular weight excluding hydrogens is 182 g/mol. The number of aromatic nitrogens is 2. The maximum atomic E-state index is 11.3. The van der Waals surface area contributed by atoms with Gasteiger partial charge in [-0.05, 0) is 13.8 Å². The van der Waals surface area contributed by atoms with Crippen molar-refractivity contribution < 1.29 is 9.59 Å². The normalized spacial score (nSPS) is 10.2. The van der Waals surface area contributed by atoms with E-state index in [-0.39, 0.29) is 18.5 Å². The van der Waals surface area contributed by atoms with Crippen LogP contribution in [0.25, 0.3) is 0 Å². The van der Waals surface area contributed by atoms with Gasteiger partial charge >= 0.3 is 0 Å². The van der Waals surface area contributed by atoms with E-state index in [1.54, 1.807) is 0 Å². The summed E-state index contributed by atoms with van der Waals surface area (Å²) in [6.07, 6.45) is 3.56. The number of carbonyl (C=O) groups is 2. The van der Waals surface area contributed by atoms with Crippen LogP contribution in [0.4, 0.5) is 0 Å². The molecule has 0 unspecified atom stereocenters. The highest BCUT2D eigenvalue weighted by molar-refractivity contribution is 5.78. The van der Waals surface area contributed by atoms with Crippen LogP contribution in [-0.2, 0) is 11.3 Å². The molecule has 14 heavy (non-hydrogen) atoms. The number of aldehydes is 1. The molecule has 1 aromatic rings. The molecule has 0 aromatic carbocycles. The molecule has 76 valence electrons. The van der Waals surface area contributed by atoms with Crippen LogP contribution in [0, 0.1) is 0 Å². The van der Waals surface area contributed by atoms with Crippen molar-refractivity contribution in [1.82, 2.24) is 14.9 Å². The molecule has 0 spiro atoms. The van der Waals surface area contributed by atoms with Crippen LogP contribution in [0.1, 0.15) is 24.3 Å². The standard InChI is InChI=1S/C9H13N3O2/c1-7(2)11-9(14)4-12-6-10-3-8(12)5-13/h3,5-7H,4H2,1-2H3,(H,11,14). The van der Waals surface area contributed by atoms with Crippen LogP contribution >= 0.6 is 0 Å². The molecule has 0 fully saturated rings. The van der Waals surface area contributed by atoms with E-state index in [2.05, 4.69) is 10.3 Å². The average molecular weight is 195 g/mol. The van der Waals surface area contributed by atoms with E-state index in [0.29, 0.717) is 12.0 Å². The van der Waals surface area contributed by atoms with E-state index >= 15 is 0 Å². The van der Waals surface area contributed by atoms with E-state index in [9.17, 15) is 9.59 Å². The second-order valence-corrected chi connectivity index (χ2v) is 3.29. The molecule has 0 aliphatic carbocycles. The average Bonchev–Trinajstić information content (AvgIpc) is 2.50. The Hall–Kier alpha value is -1.65. The van der Waals surface area contributed by atoms with Gasteiger partial charge in [-0.25, -0.2) is 4.98 Å². The van der Waals surface area contributed by atoms with Crippen molar-refractivity contribution >= 4 is 12.2 Å². The van der Waals surface area contributed by atoms with Gasteiger partial charge in [0.1, 0.15) is 12.2 Å². The lowest BCUT2D eigenvalue weighted by Crippen LogP contribution is -2.33. The monoisotopic (exact) mass is 195 g/mol. The molecule has 0 atom stereocenters. The van der Waals surface area contributed by atoms with E-state index < -0.39 is 0 Å². The molecule has 1 N–H and O–H groups in total. The summed E-state index contributed by atoms with van der Waals surface area (Å²) >= 11 is 0. The summed E-state index contributed by atoms with van der Waals surface area (Å²) in [4.78, 5) is 25.6. The summed E-state index contributed by atoms with van der Waals surface area (Å²) in [6.45, 7) is 3.89. The maximum Gasteiger partial charge on any atom is 0.240 e. The van der Waals surface area contributed by atoms with Crippen molar-refractivity contribution in [2.24, 2.45) is 0 Å². The zero-order valence-corrected chi connectivity index (χ0v) is 8.23. The van der Waals surface area contributed by atoms with E-state index in [4.69, 9.17) is 0 Å². The second-order valence-electron chi connectivity index (χ2n) is 3.29. The highest BCUT2D eigenvalue weighted by atomic mass is 16.2. The second kappa shape index (κ2) is 4.55. The van der Waals surface area contributed by atoms with Gasteiger partial charge in [0.2, 0.25) is 5.91 Å². The first kappa shape index (κ1) is 10.4. The van der Waals surface area contributed by atoms with Crippen LogP contribution < -0.4 is 5.32 Å². The molecule has 0 aliphatic heterocycles. The van der Waals surface area contributed by atoms with Crippen LogP contribution in [0.15, 0.2) is 12.5 Å². The number of amides is 1. The summed E-state index contributed by atoms with van der Waals surface area (Å²) in [5.41, 5.74) is 0.406. The number of imidazole rings is 1. The van der Waals surface area contributed by atoms with E-state index in [1.165, 1.54) is 17.1 Å². The largest absolute Gasteiger partial charge is 0.352 e. The molecule has 1 amide bonds. The van der Waals surface area contributed by atoms with Gasteiger partial charge in [0.05, 0.1) is 12.5 Å². The molecule has 5 heteroatoms. The molecule has 1 heterocycles. The molecule has 5 nitrogen and oxygen atoms in total. The number of hydrogen-bond acceptors (Lipinski definition) is 3. The summed E-state index contributed by atoms with van der Waals surface area (Å²) < 4.78 is 1.50. The zero-order chi connectivity index (χ0) is 10.6. The fourth-order valence-electron chi connectivity index (χ4n) is 1.08. The van der Waals surface area contributed by atoms with Crippen molar-refractivity contribution in [3.63, 3.8) is 0 Å². The Bertz CT molecular complexity index is 331. The first-order valence-corrected chi connectivity index (χ1v) is 4.38. The zero-order valence-electron chi connectivity index (χ0n) is 8.23. The first-order chi connectivity index (χ1) is 6.63. The minimum absolute atomic E-state index is 0.103.